The van der Waals surface area contributed by atoms with Crippen LogP contribution in [0.4, 0.5) is 5.69 Å². The van der Waals surface area contributed by atoms with Crippen LogP contribution in [0, 0.1) is 6.92 Å². The minimum absolute atomic E-state index is 0.214. The van der Waals surface area contributed by atoms with E-state index in [-0.39, 0.29) is 13.2 Å². The van der Waals surface area contributed by atoms with Gasteiger partial charge in [0.05, 0.1) is 23.9 Å². The Morgan fingerprint density at radius 3 is 2.56 bits per heavy atom. The van der Waals surface area contributed by atoms with Crippen molar-refractivity contribution < 1.29 is 27.5 Å². The molecule has 0 unspecified atom stereocenters. The van der Waals surface area contributed by atoms with E-state index in [1.54, 1.807) is 25.1 Å². The summed E-state index contributed by atoms with van der Waals surface area (Å²) in [6.07, 6.45) is 5.76. The lowest BCUT2D eigenvalue weighted by Crippen LogP contribution is -2.33. The van der Waals surface area contributed by atoms with Crippen LogP contribution in [0.5, 0.6) is 0 Å². The van der Waals surface area contributed by atoms with Crippen LogP contribution >= 0.6 is 0 Å². The summed E-state index contributed by atoms with van der Waals surface area (Å²) in [7, 11) is -3.28. The maximum absolute atomic E-state index is 12.4. The van der Waals surface area contributed by atoms with Gasteiger partial charge in [0.25, 0.3) is 5.91 Å². The molecule has 204 valence electrons. The molecule has 1 aromatic heterocycles. The van der Waals surface area contributed by atoms with Gasteiger partial charge in [-0.25, -0.2) is 13.2 Å². The number of primary amides is 1. The lowest BCUT2D eigenvalue weighted by Gasteiger charge is -2.23. The van der Waals surface area contributed by atoms with Gasteiger partial charge in [-0.1, -0.05) is 24.3 Å². The van der Waals surface area contributed by atoms with Gasteiger partial charge in [-0.3, -0.25) is 9.59 Å². The Bertz CT molecular complexity index is 1630. The number of esters is 1. The van der Waals surface area contributed by atoms with Gasteiger partial charge in [0.2, 0.25) is 15.9 Å². The zero-order valence-electron chi connectivity index (χ0n) is 21.9. The molecular formula is C28H30N4O6S. The fourth-order valence-corrected chi connectivity index (χ4v) is 5.37. The van der Waals surface area contributed by atoms with E-state index in [1.165, 1.54) is 10.6 Å². The third-order valence-electron chi connectivity index (χ3n) is 6.59. The van der Waals surface area contributed by atoms with Crippen LogP contribution in [0.3, 0.4) is 0 Å². The smallest absolute Gasteiger partial charge is 0.330 e. The Hall–Kier alpha value is -4.22. The van der Waals surface area contributed by atoms with Crippen molar-refractivity contribution >= 4 is 50.0 Å². The number of hydrogen-bond acceptors (Lipinski definition) is 6. The van der Waals surface area contributed by atoms with E-state index in [2.05, 4.69) is 10.3 Å². The van der Waals surface area contributed by atoms with Gasteiger partial charge < -0.3 is 20.8 Å². The van der Waals surface area contributed by atoms with Crippen LogP contribution in [0.1, 0.15) is 35.0 Å². The number of rotatable bonds is 8. The number of hydrogen-bond donors (Lipinski definition) is 3. The van der Waals surface area contributed by atoms with Gasteiger partial charge in [0, 0.05) is 42.0 Å². The maximum atomic E-state index is 12.4. The fourth-order valence-electron chi connectivity index (χ4n) is 4.60. The quantitative estimate of drug-likeness (QED) is 0.289. The molecule has 0 saturated carbocycles. The molecule has 4 N–H and O–H groups in total. The second-order valence-corrected chi connectivity index (χ2v) is 11.1. The molecule has 0 spiro atoms. The van der Waals surface area contributed by atoms with Crippen molar-refractivity contribution in [3.8, 4) is 11.1 Å². The van der Waals surface area contributed by atoms with Gasteiger partial charge in [-0.2, -0.15) is 4.31 Å². The van der Waals surface area contributed by atoms with Crippen LogP contribution in [0.25, 0.3) is 27.6 Å². The lowest BCUT2D eigenvalue weighted by atomic mass is 9.94. The number of nitrogens with one attached hydrogen (secondary N) is 2. The number of carbonyl (C=O) groups is 3. The topological polar surface area (TPSA) is 152 Å². The number of anilines is 1. The van der Waals surface area contributed by atoms with E-state index in [1.807, 2.05) is 31.2 Å². The Labute approximate surface area is 226 Å². The molecule has 0 aliphatic carbocycles. The Morgan fingerprint density at radius 2 is 1.92 bits per heavy atom. The number of nitrogens with two attached hydrogens (primary N) is 1. The van der Waals surface area contributed by atoms with Crippen LogP contribution in [-0.2, 0) is 24.3 Å². The summed E-state index contributed by atoms with van der Waals surface area (Å²) in [6.45, 7) is 4.39. The summed E-state index contributed by atoms with van der Waals surface area (Å²) in [5.41, 5.74) is 11.3. The molecule has 1 aliphatic rings. The van der Waals surface area contributed by atoms with E-state index in [9.17, 15) is 22.8 Å². The molecule has 0 atom stereocenters. The van der Waals surface area contributed by atoms with Crippen LogP contribution < -0.4 is 11.1 Å². The molecule has 0 saturated heterocycles. The van der Waals surface area contributed by atoms with Crippen LogP contribution in [0.15, 0.2) is 54.6 Å². The zero-order chi connectivity index (χ0) is 28.3. The zero-order valence-corrected chi connectivity index (χ0v) is 22.7. The highest BCUT2D eigenvalue weighted by molar-refractivity contribution is 7.88. The molecule has 0 bridgehead atoms. The fraction of sp³-hybridized carbons (Fsp3) is 0.250. The van der Waals surface area contributed by atoms with Gasteiger partial charge in [-0.05, 0) is 60.7 Å². The van der Waals surface area contributed by atoms with Crippen molar-refractivity contribution in [1.82, 2.24) is 9.29 Å². The van der Waals surface area contributed by atoms with E-state index >= 15 is 0 Å². The first-order valence-corrected chi connectivity index (χ1v) is 14.2. The molecule has 4 rings (SSSR count). The number of carbonyl (C=O) groups excluding carboxylic acids is 3. The second-order valence-electron chi connectivity index (χ2n) is 9.15. The van der Waals surface area contributed by atoms with E-state index in [4.69, 9.17) is 10.5 Å². The standard InChI is InChI=1S/C28H30N4O6S/c1-4-38-26(34)11-10-25(33)30-23-7-5-6-19(17(23)2)20-8-9-21(28(29)35)27-22(20)16-24(31-27)18-12-14-32(15-13-18)39(3,36)37/h5-12,16,31H,4,13-15H2,1-3H3,(H2,29,35)(H,30,33)/b11-10+. The molecule has 10 nitrogen and oxygen atoms in total. The SMILES string of the molecule is CCOC(=O)/C=C/C(=O)Nc1cccc(-c2ccc(C(N)=O)c3[nH]c(C4=CCN(S(C)(=O)=O)CC4)cc23)c1C. The number of nitrogens with zero attached hydrogens (tertiary/aromatic N) is 1. The van der Waals surface area contributed by atoms with E-state index in [0.29, 0.717) is 29.7 Å². The predicted molar refractivity (Wildman–Crippen MR) is 150 cm³/mol. The van der Waals surface area contributed by atoms with Gasteiger partial charge in [0.15, 0.2) is 0 Å². The average molecular weight is 551 g/mol. The maximum Gasteiger partial charge on any atom is 0.330 e. The van der Waals surface area contributed by atoms with Gasteiger partial charge >= 0.3 is 5.97 Å². The highest BCUT2D eigenvalue weighted by Gasteiger charge is 2.23. The summed E-state index contributed by atoms with van der Waals surface area (Å²) in [6, 6.07) is 10.9. The highest BCUT2D eigenvalue weighted by Crippen LogP contribution is 2.37. The second kappa shape index (κ2) is 11.3. The normalized spacial score (nSPS) is 14.4. The molecule has 1 aliphatic heterocycles. The minimum atomic E-state index is -3.28. The summed E-state index contributed by atoms with van der Waals surface area (Å²) >= 11 is 0. The van der Waals surface area contributed by atoms with E-state index in [0.717, 1.165) is 45.5 Å². The largest absolute Gasteiger partial charge is 0.463 e. The summed E-state index contributed by atoms with van der Waals surface area (Å²) in [4.78, 5) is 39.5. The van der Waals surface area contributed by atoms with Crippen molar-refractivity contribution in [2.75, 3.05) is 31.3 Å². The number of sulfonamides is 1. The molecule has 2 heterocycles. The minimum Gasteiger partial charge on any atom is -0.463 e. The van der Waals surface area contributed by atoms with Crippen molar-refractivity contribution in [3.63, 3.8) is 0 Å². The van der Waals surface area contributed by atoms with Crippen molar-refractivity contribution in [2.45, 2.75) is 20.3 Å². The lowest BCUT2D eigenvalue weighted by molar-refractivity contribution is -0.137. The van der Waals surface area contributed by atoms with Crippen molar-refractivity contribution in [2.24, 2.45) is 5.73 Å². The summed E-state index contributed by atoms with van der Waals surface area (Å²) < 4.78 is 30.0. The van der Waals surface area contributed by atoms with Gasteiger partial charge in [-0.15, -0.1) is 0 Å². The molecule has 2 aromatic carbocycles. The predicted octanol–water partition coefficient (Wildman–Crippen LogP) is 3.35. The van der Waals surface area contributed by atoms with Crippen molar-refractivity contribution in [3.05, 3.63) is 71.4 Å². The third kappa shape index (κ3) is 6.10. The summed E-state index contributed by atoms with van der Waals surface area (Å²) in [5, 5.41) is 3.56. The molecule has 11 heteroatoms. The number of H-pyrrole nitrogens is 1. The first-order valence-electron chi connectivity index (χ1n) is 12.4. The number of fused-ring (bicyclic) bond motifs is 1. The van der Waals surface area contributed by atoms with Crippen molar-refractivity contribution in [1.29, 1.82) is 0 Å². The Morgan fingerprint density at radius 1 is 1.15 bits per heavy atom. The number of ether oxygens (including phenoxy) is 1. The monoisotopic (exact) mass is 550 g/mol. The highest BCUT2D eigenvalue weighted by atomic mass is 32.2. The third-order valence-corrected chi connectivity index (χ3v) is 7.86. The number of aromatic nitrogens is 1. The Balaban J connectivity index is 1.72. The molecule has 0 fully saturated rings. The first kappa shape index (κ1) is 27.8. The average Bonchev–Trinajstić information content (AvgIpc) is 3.33. The first-order chi connectivity index (χ1) is 18.5. The van der Waals surface area contributed by atoms with Crippen LogP contribution in [-0.4, -0.2) is 61.4 Å². The van der Waals surface area contributed by atoms with E-state index < -0.39 is 27.8 Å². The number of aromatic amines is 1. The van der Waals surface area contributed by atoms with Crippen LogP contribution in [0.2, 0.25) is 0 Å². The Kier molecular flexibility index (Phi) is 8.03. The number of amides is 2. The summed E-state index contributed by atoms with van der Waals surface area (Å²) in [5.74, 6) is -1.66. The van der Waals surface area contributed by atoms with Gasteiger partial charge in [0.1, 0.15) is 0 Å². The molecule has 39 heavy (non-hydrogen) atoms. The molecule has 0 radical (unpaired) electrons. The number of benzene rings is 2. The molecule has 3 aromatic rings. The molecule has 2 amide bonds. The molecular weight excluding hydrogens is 520 g/mol.